The van der Waals surface area contributed by atoms with Gasteiger partial charge in [0, 0.05) is 0 Å². The SMILES string of the molecule is C=C1[C@H](C)CCC[C@@]1(C)CC(=O)OC. The van der Waals surface area contributed by atoms with Crippen molar-refractivity contribution in [2.24, 2.45) is 11.3 Å². The average molecular weight is 196 g/mol. The van der Waals surface area contributed by atoms with Gasteiger partial charge < -0.3 is 4.74 Å². The van der Waals surface area contributed by atoms with Gasteiger partial charge in [-0.15, -0.1) is 0 Å². The van der Waals surface area contributed by atoms with Crippen molar-refractivity contribution >= 4 is 5.97 Å². The summed E-state index contributed by atoms with van der Waals surface area (Å²) in [6.45, 7) is 8.45. The van der Waals surface area contributed by atoms with Crippen LogP contribution in [0.1, 0.15) is 39.5 Å². The van der Waals surface area contributed by atoms with E-state index in [1.807, 2.05) is 0 Å². The molecule has 0 unspecified atom stereocenters. The highest BCUT2D eigenvalue weighted by molar-refractivity contribution is 5.70. The summed E-state index contributed by atoms with van der Waals surface area (Å²) in [7, 11) is 1.45. The van der Waals surface area contributed by atoms with E-state index in [0.717, 1.165) is 6.42 Å². The van der Waals surface area contributed by atoms with E-state index in [1.54, 1.807) is 0 Å². The van der Waals surface area contributed by atoms with Crippen LogP contribution in [-0.2, 0) is 9.53 Å². The third-order valence-corrected chi connectivity index (χ3v) is 3.50. The number of hydrogen-bond donors (Lipinski definition) is 0. The summed E-state index contributed by atoms with van der Waals surface area (Å²) in [4.78, 5) is 11.3. The fraction of sp³-hybridized carbons (Fsp3) is 0.750. The molecule has 1 aliphatic rings. The molecule has 0 radical (unpaired) electrons. The summed E-state index contributed by atoms with van der Waals surface area (Å²) in [5.74, 6) is 0.418. The van der Waals surface area contributed by atoms with Gasteiger partial charge in [-0.05, 0) is 24.2 Å². The van der Waals surface area contributed by atoms with Gasteiger partial charge >= 0.3 is 5.97 Å². The first-order chi connectivity index (χ1) is 6.49. The minimum absolute atomic E-state index is 0.0369. The number of ether oxygens (including phenoxy) is 1. The van der Waals surface area contributed by atoms with Crippen molar-refractivity contribution in [3.63, 3.8) is 0 Å². The summed E-state index contributed by atoms with van der Waals surface area (Å²) >= 11 is 0. The molecule has 80 valence electrons. The van der Waals surface area contributed by atoms with E-state index >= 15 is 0 Å². The van der Waals surface area contributed by atoms with E-state index in [2.05, 4.69) is 20.4 Å². The highest BCUT2D eigenvalue weighted by Crippen LogP contribution is 2.45. The molecule has 2 atom stereocenters. The van der Waals surface area contributed by atoms with Gasteiger partial charge in [0.2, 0.25) is 0 Å². The van der Waals surface area contributed by atoms with E-state index in [4.69, 9.17) is 4.74 Å². The molecule has 0 heterocycles. The summed E-state index contributed by atoms with van der Waals surface area (Å²) in [6, 6.07) is 0. The summed E-state index contributed by atoms with van der Waals surface area (Å²) < 4.78 is 4.72. The largest absolute Gasteiger partial charge is 0.469 e. The number of carbonyl (C=O) groups is 1. The Kier molecular flexibility index (Phi) is 3.35. The van der Waals surface area contributed by atoms with Crippen molar-refractivity contribution in [1.29, 1.82) is 0 Å². The number of methoxy groups -OCH3 is 1. The van der Waals surface area contributed by atoms with E-state index in [-0.39, 0.29) is 11.4 Å². The van der Waals surface area contributed by atoms with Crippen LogP contribution in [0, 0.1) is 11.3 Å². The summed E-state index contributed by atoms with van der Waals surface area (Å²) in [6.07, 6.45) is 3.93. The molecule has 0 aromatic heterocycles. The molecule has 1 rings (SSSR count). The molecular weight excluding hydrogens is 176 g/mol. The topological polar surface area (TPSA) is 26.3 Å². The van der Waals surface area contributed by atoms with E-state index in [1.165, 1.54) is 25.5 Å². The predicted octanol–water partition coefficient (Wildman–Crippen LogP) is 2.93. The van der Waals surface area contributed by atoms with Crippen LogP contribution in [0.25, 0.3) is 0 Å². The predicted molar refractivity (Wildman–Crippen MR) is 56.9 cm³/mol. The van der Waals surface area contributed by atoms with Gasteiger partial charge in [-0.3, -0.25) is 4.79 Å². The first-order valence-corrected chi connectivity index (χ1v) is 5.25. The lowest BCUT2D eigenvalue weighted by Gasteiger charge is -2.38. The fourth-order valence-corrected chi connectivity index (χ4v) is 2.32. The smallest absolute Gasteiger partial charge is 0.306 e. The lowest BCUT2D eigenvalue weighted by molar-refractivity contribution is -0.143. The average Bonchev–Trinajstić information content (AvgIpc) is 2.14. The standard InChI is InChI=1S/C12H20O2/c1-9-6-5-7-12(3,10(9)2)8-11(13)14-4/h9H,2,5-8H2,1,3-4H3/t9-,12+/m1/s1. The Morgan fingerprint density at radius 3 is 2.93 bits per heavy atom. The van der Waals surface area contributed by atoms with Crippen molar-refractivity contribution in [2.45, 2.75) is 39.5 Å². The number of carbonyl (C=O) groups excluding carboxylic acids is 1. The molecule has 0 bridgehead atoms. The quantitative estimate of drug-likeness (QED) is 0.501. The normalized spacial score (nSPS) is 32.8. The lowest BCUT2D eigenvalue weighted by Crippen LogP contribution is -2.30. The van der Waals surface area contributed by atoms with Gasteiger partial charge in [-0.25, -0.2) is 0 Å². The molecule has 1 saturated carbocycles. The Morgan fingerprint density at radius 1 is 1.71 bits per heavy atom. The molecule has 14 heavy (non-hydrogen) atoms. The third kappa shape index (κ3) is 2.17. The lowest BCUT2D eigenvalue weighted by atomic mass is 9.66. The Hall–Kier alpha value is -0.790. The molecule has 0 aromatic rings. The van der Waals surface area contributed by atoms with Gasteiger partial charge in [0.05, 0.1) is 13.5 Å². The second-order valence-corrected chi connectivity index (χ2v) is 4.63. The molecule has 0 spiro atoms. The Morgan fingerprint density at radius 2 is 2.36 bits per heavy atom. The van der Waals surface area contributed by atoms with E-state index < -0.39 is 0 Å². The van der Waals surface area contributed by atoms with E-state index in [0.29, 0.717) is 12.3 Å². The number of rotatable bonds is 2. The van der Waals surface area contributed by atoms with Gasteiger partial charge in [-0.1, -0.05) is 32.4 Å². The second-order valence-electron chi connectivity index (χ2n) is 4.63. The fourth-order valence-electron chi connectivity index (χ4n) is 2.32. The summed E-state index contributed by atoms with van der Waals surface area (Å²) in [5.41, 5.74) is 1.18. The monoisotopic (exact) mass is 196 g/mol. The van der Waals surface area contributed by atoms with Gasteiger partial charge in [0.1, 0.15) is 0 Å². The van der Waals surface area contributed by atoms with Crippen LogP contribution in [0.3, 0.4) is 0 Å². The molecule has 2 nitrogen and oxygen atoms in total. The van der Waals surface area contributed by atoms with Crippen molar-refractivity contribution in [1.82, 2.24) is 0 Å². The number of allylic oxidation sites excluding steroid dienone is 1. The second kappa shape index (κ2) is 4.16. The maximum atomic E-state index is 11.3. The molecule has 1 aliphatic carbocycles. The molecular formula is C12H20O2. The van der Waals surface area contributed by atoms with Crippen LogP contribution in [0.5, 0.6) is 0 Å². The molecule has 0 saturated heterocycles. The molecule has 1 fully saturated rings. The van der Waals surface area contributed by atoms with Crippen LogP contribution in [0.15, 0.2) is 12.2 Å². The highest BCUT2D eigenvalue weighted by Gasteiger charge is 2.36. The van der Waals surface area contributed by atoms with Gasteiger partial charge in [0.15, 0.2) is 0 Å². The maximum absolute atomic E-state index is 11.3. The van der Waals surface area contributed by atoms with Crippen LogP contribution in [-0.4, -0.2) is 13.1 Å². The number of hydrogen-bond acceptors (Lipinski definition) is 2. The zero-order valence-corrected chi connectivity index (χ0v) is 9.43. The molecule has 2 heteroatoms. The Balaban J connectivity index is 2.71. The Labute approximate surface area is 86.3 Å². The highest BCUT2D eigenvalue weighted by atomic mass is 16.5. The molecule has 0 N–H and O–H groups in total. The third-order valence-electron chi connectivity index (χ3n) is 3.50. The Bertz CT molecular complexity index is 245. The number of esters is 1. The summed E-state index contributed by atoms with van der Waals surface area (Å²) in [5, 5.41) is 0. The van der Waals surface area contributed by atoms with Crippen molar-refractivity contribution in [2.75, 3.05) is 7.11 Å². The van der Waals surface area contributed by atoms with Gasteiger partial charge in [0.25, 0.3) is 0 Å². The van der Waals surface area contributed by atoms with E-state index in [9.17, 15) is 4.79 Å². The first kappa shape index (κ1) is 11.3. The zero-order chi connectivity index (χ0) is 10.8. The van der Waals surface area contributed by atoms with Crippen molar-refractivity contribution < 1.29 is 9.53 Å². The molecule has 0 aromatic carbocycles. The van der Waals surface area contributed by atoms with Crippen LogP contribution < -0.4 is 0 Å². The maximum Gasteiger partial charge on any atom is 0.306 e. The minimum Gasteiger partial charge on any atom is -0.469 e. The van der Waals surface area contributed by atoms with Crippen LogP contribution in [0.4, 0.5) is 0 Å². The van der Waals surface area contributed by atoms with Crippen molar-refractivity contribution in [3.05, 3.63) is 12.2 Å². The zero-order valence-electron chi connectivity index (χ0n) is 9.43. The van der Waals surface area contributed by atoms with Crippen molar-refractivity contribution in [3.8, 4) is 0 Å². The molecule has 0 aliphatic heterocycles. The first-order valence-electron chi connectivity index (χ1n) is 5.25. The van der Waals surface area contributed by atoms with Gasteiger partial charge in [-0.2, -0.15) is 0 Å². The van der Waals surface area contributed by atoms with Crippen LogP contribution in [0.2, 0.25) is 0 Å². The minimum atomic E-state index is -0.122. The van der Waals surface area contributed by atoms with Crippen LogP contribution >= 0.6 is 0 Å². The molecule has 0 amide bonds.